The van der Waals surface area contributed by atoms with E-state index in [0.29, 0.717) is 32.3 Å². The first-order valence-electron chi connectivity index (χ1n) is 10.8. The molecular formula is C26H32Cl2N2O3. The summed E-state index contributed by atoms with van der Waals surface area (Å²) in [7, 11) is 1.55. The van der Waals surface area contributed by atoms with Crippen LogP contribution in [0.1, 0.15) is 73.4 Å². The Balaban J connectivity index is 2.29. The number of carbonyl (C=O) groups is 3. The minimum Gasteiger partial charge on any atom is -0.341 e. The van der Waals surface area contributed by atoms with Crippen LogP contribution in [-0.2, 0) is 13.1 Å². The summed E-state index contributed by atoms with van der Waals surface area (Å²) in [4.78, 5) is 39.2. The van der Waals surface area contributed by atoms with Gasteiger partial charge in [0.1, 0.15) is 0 Å². The van der Waals surface area contributed by atoms with Crippen LogP contribution in [0.5, 0.6) is 0 Å². The third kappa shape index (κ3) is 6.81. The van der Waals surface area contributed by atoms with E-state index in [-0.39, 0.29) is 30.7 Å². The fourth-order valence-electron chi connectivity index (χ4n) is 3.27. The van der Waals surface area contributed by atoms with Gasteiger partial charge < -0.3 is 10.2 Å². The standard InChI is InChI=1S/C26H32Cl2N2O3/c1-25(2,3)22(31)16-8-10-18(20(27)12-16)14-30(24(33)29-7)15-19-11-9-17(13-21(19)28)23(32)26(4,5)6/h8-13H,14-15H2,1-7H3,(H,29,33). The highest BCUT2D eigenvalue weighted by Gasteiger charge is 2.25. The topological polar surface area (TPSA) is 66.5 Å². The molecule has 0 radical (unpaired) electrons. The molecule has 5 nitrogen and oxygen atoms in total. The monoisotopic (exact) mass is 490 g/mol. The quantitative estimate of drug-likeness (QED) is 0.453. The average Bonchev–Trinajstić information content (AvgIpc) is 2.72. The molecule has 2 rings (SSSR count). The Morgan fingerprint density at radius 1 is 0.758 bits per heavy atom. The molecular weight excluding hydrogens is 459 g/mol. The predicted octanol–water partition coefficient (Wildman–Crippen LogP) is 6.79. The van der Waals surface area contributed by atoms with Crippen molar-refractivity contribution in [2.75, 3.05) is 7.05 Å². The third-order valence-corrected chi connectivity index (χ3v) is 5.92. The lowest BCUT2D eigenvalue weighted by Gasteiger charge is -2.24. The first-order chi connectivity index (χ1) is 15.1. The van der Waals surface area contributed by atoms with Crippen molar-refractivity contribution >= 4 is 40.8 Å². The zero-order chi connectivity index (χ0) is 25.1. The van der Waals surface area contributed by atoms with Crippen LogP contribution in [0.2, 0.25) is 10.0 Å². The lowest BCUT2D eigenvalue weighted by molar-refractivity contribution is 0.0852. The number of hydrogen-bond acceptors (Lipinski definition) is 3. The smallest absolute Gasteiger partial charge is 0.317 e. The molecule has 2 aromatic carbocycles. The summed E-state index contributed by atoms with van der Waals surface area (Å²) in [6.07, 6.45) is 0. The van der Waals surface area contributed by atoms with E-state index in [9.17, 15) is 14.4 Å². The number of amides is 2. The predicted molar refractivity (Wildman–Crippen MR) is 134 cm³/mol. The van der Waals surface area contributed by atoms with Crippen molar-refractivity contribution in [1.29, 1.82) is 0 Å². The molecule has 0 atom stereocenters. The minimum atomic E-state index is -0.518. The van der Waals surface area contributed by atoms with E-state index in [1.807, 2.05) is 41.5 Å². The fraction of sp³-hybridized carbons (Fsp3) is 0.423. The van der Waals surface area contributed by atoms with E-state index >= 15 is 0 Å². The SMILES string of the molecule is CNC(=O)N(Cc1ccc(C(=O)C(C)(C)C)cc1Cl)Cc1ccc(C(=O)C(C)(C)C)cc1Cl. The zero-order valence-electron chi connectivity index (χ0n) is 20.3. The molecule has 0 saturated heterocycles. The number of benzene rings is 2. The van der Waals surface area contributed by atoms with E-state index in [4.69, 9.17) is 23.2 Å². The maximum Gasteiger partial charge on any atom is 0.317 e. The molecule has 1 N–H and O–H groups in total. The van der Waals surface area contributed by atoms with E-state index in [1.165, 1.54) is 0 Å². The first kappa shape index (κ1) is 26.9. The largest absolute Gasteiger partial charge is 0.341 e. The molecule has 0 aromatic heterocycles. The van der Waals surface area contributed by atoms with Gasteiger partial charge in [0.15, 0.2) is 11.6 Å². The molecule has 0 aliphatic heterocycles. The molecule has 0 aliphatic rings. The Kier molecular flexibility index (Phi) is 8.36. The molecule has 0 aliphatic carbocycles. The highest BCUT2D eigenvalue weighted by Crippen LogP contribution is 2.28. The van der Waals surface area contributed by atoms with Gasteiger partial charge in [-0.05, 0) is 23.3 Å². The van der Waals surface area contributed by atoms with Gasteiger partial charge in [0.2, 0.25) is 0 Å². The maximum atomic E-state index is 12.6. The van der Waals surface area contributed by atoms with Gasteiger partial charge in [-0.25, -0.2) is 4.79 Å². The summed E-state index contributed by atoms with van der Waals surface area (Å²) in [5.41, 5.74) is 1.45. The summed E-state index contributed by atoms with van der Waals surface area (Å²) in [5, 5.41) is 3.46. The van der Waals surface area contributed by atoms with Crippen molar-refractivity contribution in [3.05, 3.63) is 68.7 Å². The number of ketones is 2. The lowest BCUT2D eigenvalue weighted by Crippen LogP contribution is -2.37. The van der Waals surface area contributed by atoms with Crippen LogP contribution in [0, 0.1) is 10.8 Å². The first-order valence-corrected chi connectivity index (χ1v) is 11.5. The van der Waals surface area contributed by atoms with Gasteiger partial charge in [0, 0.05) is 52.1 Å². The second-order valence-corrected chi connectivity index (χ2v) is 11.0. The number of carbonyl (C=O) groups excluding carboxylic acids is 3. The van der Waals surface area contributed by atoms with Crippen molar-refractivity contribution < 1.29 is 14.4 Å². The summed E-state index contributed by atoms with van der Waals surface area (Å²) in [6.45, 7) is 11.6. The van der Waals surface area contributed by atoms with Crippen molar-refractivity contribution in [3.63, 3.8) is 0 Å². The van der Waals surface area contributed by atoms with Gasteiger partial charge in [-0.2, -0.15) is 0 Å². The van der Waals surface area contributed by atoms with Crippen LogP contribution in [0.25, 0.3) is 0 Å². The molecule has 2 aromatic rings. The van der Waals surface area contributed by atoms with Crippen molar-refractivity contribution in [2.45, 2.75) is 54.6 Å². The molecule has 0 unspecified atom stereocenters. The van der Waals surface area contributed by atoms with E-state index in [2.05, 4.69) is 5.32 Å². The Labute approximate surface area is 206 Å². The summed E-state index contributed by atoms with van der Waals surface area (Å²) in [5.74, 6) is -0.00781. The summed E-state index contributed by atoms with van der Waals surface area (Å²) < 4.78 is 0. The Morgan fingerprint density at radius 2 is 1.12 bits per heavy atom. The molecule has 0 heterocycles. The fourth-order valence-corrected chi connectivity index (χ4v) is 3.75. The van der Waals surface area contributed by atoms with Crippen LogP contribution in [0.4, 0.5) is 4.79 Å². The highest BCUT2D eigenvalue weighted by atomic mass is 35.5. The van der Waals surface area contributed by atoms with Crippen LogP contribution in [0.3, 0.4) is 0 Å². The minimum absolute atomic E-state index is 0.00390. The van der Waals surface area contributed by atoms with Gasteiger partial charge in [0.05, 0.1) is 0 Å². The van der Waals surface area contributed by atoms with Crippen LogP contribution in [0.15, 0.2) is 36.4 Å². The molecule has 0 bridgehead atoms. The lowest BCUT2D eigenvalue weighted by atomic mass is 9.86. The number of urea groups is 1. The Morgan fingerprint density at radius 3 is 1.39 bits per heavy atom. The Hall–Kier alpha value is -2.37. The Bertz CT molecular complexity index is 989. The van der Waals surface area contributed by atoms with Crippen LogP contribution < -0.4 is 5.32 Å². The number of nitrogens with one attached hydrogen (secondary N) is 1. The zero-order valence-corrected chi connectivity index (χ0v) is 21.8. The third-order valence-electron chi connectivity index (χ3n) is 5.22. The van der Waals surface area contributed by atoms with Gasteiger partial charge in [-0.15, -0.1) is 0 Å². The van der Waals surface area contributed by atoms with Gasteiger partial charge >= 0.3 is 6.03 Å². The van der Waals surface area contributed by atoms with E-state index in [0.717, 1.165) is 0 Å². The second kappa shape index (κ2) is 10.3. The summed E-state index contributed by atoms with van der Waals surface area (Å²) >= 11 is 12.9. The second-order valence-electron chi connectivity index (χ2n) is 10.2. The van der Waals surface area contributed by atoms with Gasteiger partial charge in [-0.1, -0.05) is 89.0 Å². The van der Waals surface area contributed by atoms with E-state index < -0.39 is 10.8 Å². The molecule has 7 heteroatoms. The van der Waals surface area contributed by atoms with Crippen LogP contribution >= 0.6 is 23.2 Å². The average molecular weight is 491 g/mol. The number of Topliss-reactive ketones (excluding diaryl/α,β-unsaturated/α-hetero) is 2. The highest BCUT2D eigenvalue weighted by molar-refractivity contribution is 6.32. The molecule has 33 heavy (non-hydrogen) atoms. The van der Waals surface area contributed by atoms with Crippen LogP contribution in [-0.4, -0.2) is 29.5 Å². The molecule has 0 saturated carbocycles. The number of hydrogen-bond donors (Lipinski definition) is 1. The molecule has 178 valence electrons. The van der Waals surface area contributed by atoms with Crippen molar-refractivity contribution in [1.82, 2.24) is 10.2 Å². The molecule has 2 amide bonds. The maximum absolute atomic E-state index is 12.6. The number of halogens is 2. The summed E-state index contributed by atoms with van der Waals surface area (Å²) in [6, 6.07) is 9.99. The molecule has 0 spiro atoms. The number of rotatable bonds is 6. The van der Waals surface area contributed by atoms with E-state index in [1.54, 1.807) is 48.3 Å². The van der Waals surface area contributed by atoms with Crippen molar-refractivity contribution in [3.8, 4) is 0 Å². The van der Waals surface area contributed by atoms with Gasteiger partial charge in [-0.3, -0.25) is 9.59 Å². The normalized spacial score (nSPS) is 11.8. The van der Waals surface area contributed by atoms with Gasteiger partial charge in [0.25, 0.3) is 0 Å². The molecule has 0 fully saturated rings. The van der Waals surface area contributed by atoms with Crippen molar-refractivity contribution in [2.24, 2.45) is 10.8 Å². The number of nitrogens with zero attached hydrogens (tertiary/aromatic N) is 1.